The van der Waals surface area contributed by atoms with Crippen LogP contribution in [-0.2, 0) is 6.42 Å². The molecule has 0 aliphatic carbocycles. The van der Waals surface area contributed by atoms with Crippen molar-refractivity contribution in [1.29, 1.82) is 0 Å². The van der Waals surface area contributed by atoms with E-state index in [4.69, 9.17) is 4.42 Å². The Morgan fingerprint density at radius 1 is 1.11 bits per heavy atom. The van der Waals surface area contributed by atoms with Gasteiger partial charge in [0.15, 0.2) is 0 Å². The first-order valence-corrected chi connectivity index (χ1v) is 7.57. The standard InChI is InChI=1S/C16H29NO/c1-4-8-14(9-5-2)16(17-11-6-3)13-15-10-7-12-18-15/h7,10,12,14,16-17H,4-6,8-9,11,13H2,1-3H3. The van der Waals surface area contributed by atoms with Crippen LogP contribution in [0, 0.1) is 5.92 Å². The molecule has 0 saturated heterocycles. The summed E-state index contributed by atoms with van der Waals surface area (Å²) < 4.78 is 5.51. The Kier molecular flexibility index (Phi) is 7.83. The van der Waals surface area contributed by atoms with Crippen molar-refractivity contribution in [3.63, 3.8) is 0 Å². The van der Waals surface area contributed by atoms with Crippen molar-refractivity contribution in [1.82, 2.24) is 5.32 Å². The Bertz CT molecular complexity index is 275. The van der Waals surface area contributed by atoms with E-state index in [1.165, 1.54) is 32.1 Å². The summed E-state index contributed by atoms with van der Waals surface area (Å²) in [6.07, 6.45) is 9.17. The van der Waals surface area contributed by atoms with Gasteiger partial charge in [0.2, 0.25) is 0 Å². The van der Waals surface area contributed by atoms with E-state index in [1.54, 1.807) is 6.26 Å². The molecule has 0 spiro atoms. The summed E-state index contributed by atoms with van der Waals surface area (Å²) in [5.41, 5.74) is 0. The summed E-state index contributed by atoms with van der Waals surface area (Å²) in [5, 5.41) is 3.72. The molecule has 0 aromatic carbocycles. The number of furan rings is 1. The molecular formula is C16H29NO. The molecule has 104 valence electrons. The maximum atomic E-state index is 5.51. The highest BCUT2D eigenvalue weighted by Gasteiger charge is 2.20. The van der Waals surface area contributed by atoms with Gasteiger partial charge in [0.25, 0.3) is 0 Å². The van der Waals surface area contributed by atoms with Crippen molar-refractivity contribution >= 4 is 0 Å². The van der Waals surface area contributed by atoms with Crippen LogP contribution in [0.25, 0.3) is 0 Å². The van der Waals surface area contributed by atoms with Crippen molar-refractivity contribution in [3.05, 3.63) is 24.2 Å². The molecule has 0 amide bonds. The molecule has 1 aromatic heterocycles. The molecule has 2 heteroatoms. The molecule has 0 radical (unpaired) electrons. The molecule has 18 heavy (non-hydrogen) atoms. The predicted molar refractivity (Wildman–Crippen MR) is 77.8 cm³/mol. The summed E-state index contributed by atoms with van der Waals surface area (Å²) in [6.45, 7) is 7.90. The zero-order valence-corrected chi connectivity index (χ0v) is 12.2. The van der Waals surface area contributed by atoms with Gasteiger partial charge < -0.3 is 9.73 Å². The monoisotopic (exact) mass is 251 g/mol. The minimum atomic E-state index is 0.566. The molecule has 1 aromatic rings. The van der Waals surface area contributed by atoms with Gasteiger partial charge in [0, 0.05) is 12.5 Å². The molecule has 2 nitrogen and oxygen atoms in total. The average molecular weight is 251 g/mol. The molecule has 0 bridgehead atoms. The number of hydrogen-bond donors (Lipinski definition) is 1. The zero-order valence-electron chi connectivity index (χ0n) is 12.2. The van der Waals surface area contributed by atoms with E-state index in [0.717, 1.165) is 24.6 Å². The lowest BCUT2D eigenvalue weighted by molar-refractivity contribution is 0.295. The van der Waals surface area contributed by atoms with Gasteiger partial charge in [-0.2, -0.15) is 0 Å². The Morgan fingerprint density at radius 2 is 1.83 bits per heavy atom. The first-order valence-electron chi connectivity index (χ1n) is 7.57. The summed E-state index contributed by atoms with van der Waals surface area (Å²) in [7, 11) is 0. The molecule has 0 aliphatic heterocycles. The van der Waals surface area contributed by atoms with Gasteiger partial charge in [-0.25, -0.2) is 0 Å². The van der Waals surface area contributed by atoms with E-state index in [2.05, 4.69) is 32.2 Å². The summed E-state index contributed by atoms with van der Waals surface area (Å²) in [6, 6.07) is 4.65. The van der Waals surface area contributed by atoms with Crippen molar-refractivity contribution < 1.29 is 4.42 Å². The van der Waals surface area contributed by atoms with Gasteiger partial charge in [-0.1, -0.05) is 33.6 Å². The molecule has 1 N–H and O–H groups in total. The normalized spacial score (nSPS) is 13.1. The predicted octanol–water partition coefficient (Wildman–Crippen LogP) is 4.41. The fraction of sp³-hybridized carbons (Fsp3) is 0.750. The van der Waals surface area contributed by atoms with E-state index in [9.17, 15) is 0 Å². The molecule has 1 unspecified atom stereocenters. The van der Waals surface area contributed by atoms with Crippen LogP contribution >= 0.6 is 0 Å². The Balaban J connectivity index is 2.61. The third kappa shape index (κ3) is 5.26. The van der Waals surface area contributed by atoms with E-state index >= 15 is 0 Å². The smallest absolute Gasteiger partial charge is 0.105 e. The van der Waals surface area contributed by atoms with Crippen LogP contribution in [0.3, 0.4) is 0 Å². The second-order valence-corrected chi connectivity index (χ2v) is 5.18. The largest absolute Gasteiger partial charge is 0.469 e. The van der Waals surface area contributed by atoms with Crippen molar-refractivity contribution in [2.45, 2.75) is 65.3 Å². The number of rotatable bonds is 10. The lowest BCUT2D eigenvalue weighted by Crippen LogP contribution is -2.38. The second kappa shape index (κ2) is 9.21. The van der Waals surface area contributed by atoms with Crippen LogP contribution in [0.15, 0.2) is 22.8 Å². The highest BCUT2D eigenvalue weighted by atomic mass is 16.3. The summed E-state index contributed by atoms with van der Waals surface area (Å²) >= 11 is 0. The number of hydrogen-bond acceptors (Lipinski definition) is 2. The minimum Gasteiger partial charge on any atom is -0.469 e. The molecular weight excluding hydrogens is 222 g/mol. The van der Waals surface area contributed by atoms with Gasteiger partial charge >= 0.3 is 0 Å². The van der Waals surface area contributed by atoms with E-state index in [0.29, 0.717) is 6.04 Å². The highest BCUT2D eigenvalue weighted by Crippen LogP contribution is 2.21. The molecule has 0 saturated carbocycles. The lowest BCUT2D eigenvalue weighted by Gasteiger charge is -2.27. The fourth-order valence-corrected chi connectivity index (χ4v) is 2.67. The Labute approximate surface area is 112 Å². The minimum absolute atomic E-state index is 0.566. The van der Waals surface area contributed by atoms with Gasteiger partial charge in [0.1, 0.15) is 5.76 Å². The van der Waals surface area contributed by atoms with Crippen LogP contribution in [-0.4, -0.2) is 12.6 Å². The zero-order chi connectivity index (χ0) is 13.2. The van der Waals surface area contributed by atoms with Gasteiger partial charge in [-0.05, 0) is 43.9 Å². The van der Waals surface area contributed by atoms with Crippen LogP contribution < -0.4 is 5.32 Å². The average Bonchev–Trinajstić information content (AvgIpc) is 2.87. The third-order valence-electron chi connectivity index (χ3n) is 3.55. The Hall–Kier alpha value is -0.760. The van der Waals surface area contributed by atoms with Crippen molar-refractivity contribution in [2.75, 3.05) is 6.54 Å². The number of nitrogens with one attached hydrogen (secondary N) is 1. The van der Waals surface area contributed by atoms with Crippen molar-refractivity contribution in [3.8, 4) is 0 Å². The third-order valence-corrected chi connectivity index (χ3v) is 3.55. The summed E-state index contributed by atoms with van der Waals surface area (Å²) in [4.78, 5) is 0. The molecule has 0 aliphatic rings. The molecule has 1 atom stereocenters. The van der Waals surface area contributed by atoms with Crippen LogP contribution in [0.2, 0.25) is 0 Å². The SMILES string of the molecule is CCCNC(Cc1ccco1)C(CCC)CCC. The van der Waals surface area contributed by atoms with Crippen LogP contribution in [0.4, 0.5) is 0 Å². The van der Waals surface area contributed by atoms with Crippen molar-refractivity contribution in [2.24, 2.45) is 5.92 Å². The lowest BCUT2D eigenvalue weighted by atomic mass is 9.88. The van der Waals surface area contributed by atoms with Crippen LogP contribution in [0.1, 0.15) is 58.6 Å². The van der Waals surface area contributed by atoms with Gasteiger partial charge in [-0.3, -0.25) is 0 Å². The topological polar surface area (TPSA) is 25.2 Å². The fourth-order valence-electron chi connectivity index (χ4n) is 2.67. The Morgan fingerprint density at radius 3 is 2.33 bits per heavy atom. The van der Waals surface area contributed by atoms with E-state index in [-0.39, 0.29) is 0 Å². The second-order valence-electron chi connectivity index (χ2n) is 5.18. The highest BCUT2D eigenvalue weighted by molar-refractivity contribution is 5.01. The van der Waals surface area contributed by atoms with Crippen LogP contribution in [0.5, 0.6) is 0 Å². The first kappa shape index (κ1) is 15.3. The first-order chi connectivity index (χ1) is 8.81. The quantitative estimate of drug-likeness (QED) is 0.666. The van der Waals surface area contributed by atoms with E-state index < -0.39 is 0 Å². The summed E-state index contributed by atoms with van der Waals surface area (Å²) in [5.74, 6) is 1.89. The maximum absolute atomic E-state index is 5.51. The molecule has 1 heterocycles. The van der Waals surface area contributed by atoms with Gasteiger partial charge in [-0.15, -0.1) is 0 Å². The van der Waals surface area contributed by atoms with E-state index in [1.807, 2.05) is 6.07 Å². The molecule has 0 fully saturated rings. The van der Waals surface area contributed by atoms with Gasteiger partial charge in [0.05, 0.1) is 6.26 Å². The maximum Gasteiger partial charge on any atom is 0.105 e. The molecule has 1 rings (SSSR count).